The molecule has 3 nitrogen and oxygen atoms in total. The summed E-state index contributed by atoms with van der Waals surface area (Å²) in [5, 5.41) is 26.7. The Kier molecular flexibility index (Phi) is 5.46. The van der Waals surface area contributed by atoms with Gasteiger partial charge in [0.25, 0.3) is 0 Å². The predicted octanol–water partition coefficient (Wildman–Crippen LogP) is 0.137. The van der Waals surface area contributed by atoms with E-state index in [1.54, 1.807) is 13.8 Å². The van der Waals surface area contributed by atoms with Crippen LogP contribution >= 0.6 is 0 Å². The molecule has 0 aromatic heterocycles. The number of rotatable bonds is 5. The minimum Gasteiger partial charge on any atom is -0.396 e. The van der Waals surface area contributed by atoms with Gasteiger partial charge in [-0.1, -0.05) is 0 Å². The molecule has 0 spiro atoms. The maximum absolute atomic E-state index is 8.97. The third kappa shape index (κ3) is 6.28. The smallest absolute Gasteiger partial charge is 0.0515 e. The highest BCUT2D eigenvalue weighted by Crippen LogP contribution is 2.12. The summed E-state index contributed by atoms with van der Waals surface area (Å²) in [4.78, 5) is 0. The van der Waals surface area contributed by atoms with Crippen molar-refractivity contribution in [3.8, 4) is 0 Å². The zero-order valence-corrected chi connectivity index (χ0v) is 7.20. The summed E-state index contributed by atoms with van der Waals surface area (Å²) in [6, 6.07) is 0. The third-order valence-electron chi connectivity index (χ3n) is 1.61. The Morgan fingerprint density at radius 2 is 1.36 bits per heavy atom. The molecule has 0 saturated heterocycles. The molecule has 11 heavy (non-hydrogen) atoms. The summed E-state index contributed by atoms with van der Waals surface area (Å²) in [7, 11) is 0. The monoisotopic (exact) mass is 162 g/mol. The van der Waals surface area contributed by atoms with Gasteiger partial charge in [-0.05, 0) is 32.6 Å². The molecule has 0 bridgehead atoms. The van der Waals surface area contributed by atoms with E-state index in [0.29, 0.717) is 12.8 Å². The van der Waals surface area contributed by atoms with Crippen molar-refractivity contribution in [2.24, 2.45) is 5.92 Å². The summed E-state index contributed by atoms with van der Waals surface area (Å²) < 4.78 is 0. The highest BCUT2D eigenvalue weighted by atomic mass is 16.3. The van der Waals surface area contributed by atoms with Gasteiger partial charge in [0.05, 0.1) is 12.2 Å². The van der Waals surface area contributed by atoms with Crippen LogP contribution in [0.3, 0.4) is 0 Å². The van der Waals surface area contributed by atoms with E-state index in [0.717, 1.165) is 0 Å². The molecule has 3 heteroatoms. The van der Waals surface area contributed by atoms with E-state index < -0.39 is 12.2 Å². The fourth-order valence-electron chi connectivity index (χ4n) is 1.21. The van der Waals surface area contributed by atoms with Gasteiger partial charge in [0.15, 0.2) is 0 Å². The maximum atomic E-state index is 8.97. The quantitative estimate of drug-likeness (QED) is 0.539. The Hall–Kier alpha value is -0.120. The lowest BCUT2D eigenvalue weighted by Crippen LogP contribution is -2.18. The molecule has 0 saturated carbocycles. The van der Waals surface area contributed by atoms with E-state index in [1.165, 1.54) is 0 Å². The lowest BCUT2D eigenvalue weighted by molar-refractivity contribution is 0.0889. The van der Waals surface area contributed by atoms with Crippen molar-refractivity contribution in [1.82, 2.24) is 0 Å². The summed E-state index contributed by atoms with van der Waals surface area (Å²) in [6.45, 7) is 3.41. The predicted molar refractivity (Wildman–Crippen MR) is 43.2 cm³/mol. The largest absolute Gasteiger partial charge is 0.396 e. The van der Waals surface area contributed by atoms with Crippen molar-refractivity contribution < 1.29 is 15.3 Å². The molecule has 0 rings (SSSR count). The van der Waals surface area contributed by atoms with E-state index in [-0.39, 0.29) is 12.5 Å². The highest BCUT2D eigenvalue weighted by Gasteiger charge is 2.12. The first-order valence-corrected chi connectivity index (χ1v) is 4.03. The van der Waals surface area contributed by atoms with Crippen LogP contribution in [0.15, 0.2) is 0 Å². The van der Waals surface area contributed by atoms with Crippen molar-refractivity contribution in [2.75, 3.05) is 6.61 Å². The number of aliphatic hydroxyl groups excluding tert-OH is 3. The van der Waals surface area contributed by atoms with Gasteiger partial charge in [0.2, 0.25) is 0 Å². The molecule has 2 atom stereocenters. The van der Waals surface area contributed by atoms with E-state index in [1.807, 2.05) is 0 Å². The van der Waals surface area contributed by atoms with Gasteiger partial charge in [0.1, 0.15) is 0 Å². The van der Waals surface area contributed by atoms with Gasteiger partial charge in [-0.25, -0.2) is 0 Å². The Morgan fingerprint density at radius 3 is 1.55 bits per heavy atom. The maximum Gasteiger partial charge on any atom is 0.0515 e. The molecule has 0 aliphatic carbocycles. The van der Waals surface area contributed by atoms with E-state index in [9.17, 15) is 0 Å². The molecule has 0 radical (unpaired) electrons. The fourth-order valence-corrected chi connectivity index (χ4v) is 1.21. The molecule has 0 aliphatic heterocycles. The van der Waals surface area contributed by atoms with Crippen molar-refractivity contribution in [2.45, 2.75) is 38.9 Å². The Morgan fingerprint density at radius 1 is 1.00 bits per heavy atom. The van der Waals surface area contributed by atoms with Gasteiger partial charge in [-0.2, -0.15) is 0 Å². The summed E-state index contributed by atoms with van der Waals surface area (Å²) >= 11 is 0. The normalized spacial score (nSPS) is 19.4. The first kappa shape index (κ1) is 10.9. The van der Waals surface area contributed by atoms with Crippen molar-refractivity contribution >= 4 is 0 Å². The van der Waals surface area contributed by atoms with Crippen molar-refractivity contribution in [3.63, 3.8) is 0 Å². The fraction of sp³-hybridized carbons (Fsp3) is 1.00. The molecule has 3 N–H and O–H groups in total. The molecule has 68 valence electrons. The molecular formula is C8H18O3. The van der Waals surface area contributed by atoms with Crippen LogP contribution in [0.2, 0.25) is 0 Å². The SMILES string of the molecule is CC(O)CC(CO)CC(C)O. The average Bonchev–Trinajstić information content (AvgIpc) is 1.84. The molecule has 0 amide bonds. The number of hydrogen-bond donors (Lipinski definition) is 3. The molecule has 0 heterocycles. The van der Waals surface area contributed by atoms with Crippen LogP contribution in [0.25, 0.3) is 0 Å². The van der Waals surface area contributed by atoms with Crippen LogP contribution in [0.5, 0.6) is 0 Å². The number of aliphatic hydroxyl groups is 3. The molecule has 0 fully saturated rings. The first-order chi connectivity index (χ1) is 5.06. The van der Waals surface area contributed by atoms with Crippen LogP contribution in [-0.2, 0) is 0 Å². The molecule has 2 unspecified atom stereocenters. The van der Waals surface area contributed by atoms with Gasteiger partial charge in [-0.15, -0.1) is 0 Å². The first-order valence-electron chi connectivity index (χ1n) is 4.03. The van der Waals surface area contributed by atoms with Crippen LogP contribution in [0.1, 0.15) is 26.7 Å². The van der Waals surface area contributed by atoms with Gasteiger partial charge in [0, 0.05) is 6.61 Å². The standard InChI is InChI=1S/C8H18O3/c1-6(10)3-8(5-9)4-7(2)11/h6-11H,3-5H2,1-2H3. The van der Waals surface area contributed by atoms with Gasteiger partial charge < -0.3 is 15.3 Å². The summed E-state index contributed by atoms with van der Waals surface area (Å²) in [5.41, 5.74) is 0. The molecular weight excluding hydrogens is 144 g/mol. The summed E-state index contributed by atoms with van der Waals surface area (Å²) in [6.07, 6.45) is 0.319. The van der Waals surface area contributed by atoms with Crippen molar-refractivity contribution in [1.29, 1.82) is 0 Å². The zero-order valence-electron chi connectivity index (χ0n) is 7.20. The average molecular weight is 162 g/mol. The summed E-state index contributed by atoms with van der Waals surface area (Å²) in [5.74, 6) is 0.0231. The molecule has 0 aromatic rings. The van der Waals surface area contributed by atoms with Crippen LogP contribution in [0.4, 0.5) is 0 Å². The third-order valence-corrected chi connectivity index (χ3v) is 1.61. The second-order valence-electron chi connectivity index (χ2n) is 3.22. The van der Waals surface area contributed by atoms with Crippen LogP contribution in [0, 0.1) is 5.92 Å². The van der Waals surface area contributed by atoms with Crippen molar-refractivity contribution in [3.05, 3.63) is 0 Å². The topological polar surface area (TPSA) is 60.7 Å². The second kappa shape index (κ2) is 5.52. The number of hydrogen-bond acceptors (Lipinski definition) is 3. The minimum absolute atomic E-state index is 0.0231. The van der Waals surface area contributed by atoms with Crippen LogP contribution < -0.4 is 0 Å². The molecule has 0 aromatic carbocycles. The van der Waals surface area contributed by atoms with Gasteiger partial charge >= 0.3 is 0 Å². The van der Waals surface area contributed by atoms with Gasteiger partial charge in [-0.3, -0.25) is 0 Å². The second-order valence-corrected chi connectivity index (χ2v) is 3.22. The van der Waals surface area contributed by atoms with E-state index in [4.69, 9.17) is 15.3 Å². The minimum atomic E-state index is -0.397. The lowest BCUT2D eigenvalue weighted by atomic mass is 9.97. The highest BCUT2D eigenvalue weighted by molar-refractivity contribution is 4.63. The van der Waals surface area contributed by atoms with Crippen LogP contribution in [-0.4, -0.2) is 34.1 Å². The Balaban J connectivity index is 3.58. The zero-order chi connectivity index (χ0) is 8.85. The molecule has 0 aliphatic rings. The van der Waals surface area contributed by atoms with E-state index in [2.05, 4.69) is 0 Å². The Labute approximate surface area is 67.7 Å². The van der Waals surface area contributed by atoms with E-state index >= 15 is 0 Å². The Bertz CT molecular complexity index is 81.3. The lowest BCUT2D eigenvalue weighted by Gasteiger charge is -2.16.